The molecule has 0 aromatic heterocycles. The first-order chi connectivity index (χ1) is 7.40. The fourth-order valence-electron chi connectivity index (χ4n) is 1.55. The van der Waals surface area contributed by atoms with Gasteiger partial charge in [0, 0.05) is 11.1 Å². The fourth-order valence-corrected chi connectivity index (χ4v) is 1.92. The summed E-state index contributed by atoms with van der Waals surface area (Å²) in [7, 11) is 1.68. The molecular formula is C13H19NOS. The average Bonchev–Trinajstić information content (AvgIpc) is 2.26. The predicted octanol–water partition coefficient (Wildman–Crippen LogP) is 3.68. The van der Waals surface area contributed by atoms with E-state index in [0.29, 0.717) is 5.04 Å². The molecule has 0 aliphatic carbocycles. The van der Waals surface area contributed by atoms with Crippen molar-refractivity contribution in [1.29, 1.82) is 5.41 Å². The van der Waals surface area contributed by atoms with E-state index in [0.717, 1.165) is 16.9 Å². The summed E-state index contributed by atoms with van der Waals surface area (Å²) in [6, 6.07) is 5.94. The van der Waals surface area contributed by atoms with Crippen LogP contribution in [-0.2, 0) is 5.41 Å². The van der Waals surface area contributed by atoms with E-state index >= 15 is 0 Å². The van der Waals surface area contributed by atoms with Crippen LogP contribution in [0, 0.1) is 5.41 Å². The lowest BCUT2D eigenvalue weighted by molar-refractivity contribution is 0.397. The Morgan fingerprint density at radius 2 is 1.94 bits per heavy atom. The minimum atomic E-state index is 0.0278. The normalized spacial score (nSPS) is 11.3. The Labute approximate surface area is 102 Å². The van der Waals surface area contributed by atoms with Crippen LogP contribution in [0.4, 0.5) is 0 Å². The highest BCUT2D eigenvalue weighted by molar-refractivity contribution is 8.13. The minimum absolute atomic E-state index is 0.0278. The molecule has 0 aliphatic heterocycles. The van der Waals surface area contributed by atoms with Crippen molar-refractivity contribution in [2.45, 2.75) is 26.2 Å². The second kappa shape index (κ2) is 4.91. The van der Waals surface area contributed by atoms with Gasteiger partial charge in [-0.3, -0.25) is 5.41 Å². The first-order valence-corrected chi connectivity index (χ1v) is 6.44. The Bertz CT molecular complexity index is 393. The molecule has 88 valence electrons. The van der Waals surface area contributed by atoms with Crippen molar-refractivity contribution in [3.63, 3.8) is 0 Å². The smallest absolute Gasteiger partial charge is 0.122 e. The summed E-state index contributed by atoms with van der Waals surface area (Å²) in [6.45, 7) is 6.45. The molecule has 0 saturated carbocycles. The lowest BCUT2D eigenvalue weighted by atomic mass is 9.85. The molecule has 0 saturated heterocycles. The van der Waals surface area contributed by atoms with E-state index in [1.807, 2.05) is 18.4 Å². The summed E-state index contributed by atoms with van der Waals surface area (Å²) >= 11 is 1.45. The highest BCUT2D eigenvalue weighted by atomic mass is 32.2. The summed E-state index contributed by atoms with van der Waals surface area (Å²) in [5, 5.41) is 8.42. The van der Waals surface area contributed by atoms with E-state index in [4.69, 9.17) is 10.1 Å². The number of hydrogen-bond donors (Lipinski definition) is 1. The van der Waals surface area contributed by atoms with Gasteiger partial charge in [0.25, 0.3) is 0 Å². The SMILES string of the molecule is COc1ccc(C(=N)SC)cc1C(C)(C)C. The van der Waals surface area contributed by atoms with E-state index in [2.05, 4.69) is 26.8 Å². The van der Waals surface area contributed by atoms with Gasteiger partial charge in [-0.1, -0.05) is 20.8 Å². The first-order valence-electron chi connectivity index (χ1n) is 5.21. The van der Waals surface area contributed by atoms with Crippen LogP contribution >= 0.6 is 11.8 Å². The molecule has 0 spiro atoms. The molecule has 0 atom stereocenters. The van der Waals surface area contributed by atoms with Crippen LogP contribution < -0.4 is 4.74 Å². The molecule has 1 aromatic rings. The van der Waals surface area contributed by atoms with Crippen molar-refractivity contribution in [1.82, 2.24) is 0 Å². The molecule has 0 heterocycles. The van der Waals surface area contributed by atoms with E-state index in [-0.39, 0.29) is 5.41 Å². The zero-order chi connectivity index (χ0) is 12.3. The van der Waals surface area contributed by atoms with Crippen molar-refractivity contribution in [3.8, 4) is 5.75 Å². The van der Waals surface area contributed by atoms with Gasteiger partial charge in [-0.2, -0.15) is 0 Å². The number of rotatable bonds is 2. The quantitative estimate of drug-likeness (QED) is 0.628. The fraction of sp³-hybridized carbons (Fsp3) is 0.462. The molecule has 0 bridgehead atoms. The second-order valence-electron chi connectivity index (χ2n) is 4.70. The van der Waals surface area contributed by atoms with Crippen LogP contribution in [0.15, 0.2) is 18.2 Å². The highest BCUT2D eigenvalue weighted by Crippen LogP contribution is 2.32. The Kier molecular flexibility index (Phi) is 4.03. The lowest BCUT2D eigenvalue weighted by Crippen LogP contribution is -2.13. The summed E-state index contributed by atoms with van der Waals surface area (Å²) in [5.41, 5.74) is 2.13. The van der Waals surface area contributed by atoms with Gasteiger partial charge in [-0.25, -0.2) is 0 Å². The number of ether oxygens (including phenoxy) is 1. The predicted molar refractivity (Wildman–Crippen MR) is 72.0 cm³/mol. The third-order valence-electron chi connectivity index (χ3n) is 2.47. The van der Waals surface area contributed by atoms with E-state index in [9.17, 15) is 0 Å². The Morgan fingerprint density at radius 3 is 2.38 bits per heavy atom. The van der Waals surface area contributed by atoms with Crippen molar-refractivity contribution >= 4 is 16.8 Å². The molecule has 0 amide bonds. The topological polar surface area (TPSA) is 33.1 Å². The molecule has 1 N–H and O–H groups in total. The first kappa shape index (κ1) is 13.1. The summed E-state index contributed by atoms with van der Waals surface area (Å²) in [4.78, 5) is 0. The van der Waals surface area contributed by atoms with Crippen LogP contribution in [-0.4, -0.2) is 18.4 Å². The minimum Gasteiger partial charge on any atom is -0.496 e. The van der Waals surface area contributed by atoms with Crippen LogP contribution in [0.2, 0.25) is 0 Å². The molecule has 1 rings (SSSR count). The van der Waals surface area contributed by atoms with Crippen molar-refractivity contribution < 1.29 is 4.74 Å². The summed E-state index contributed by atoms with van der Waals surface area (Å²) in [6.07, 6.45) is 1.92. The number of methoxy groups -OCH3 is 1. The van der Waals surface area contributed by atoms with Crippen LogP contribution in [0.25, 0.3) is 0 Å². The molecule has 2 nitrogen and oxygen atoms in total. The largest absolute Gasteiger partial charge is 0.496 e. The summed E-state index contributed by atoms with van der Waals surface area (Å²) < 4.78 is 5.36. The Morgan fingerprint density at radius 1 is 1.31 bits per heavy atom. The Hall–Kier alpha value is -0.960. The zero-order valence-electron chi connectivity index (χ0n) is 10.5. The van der Waals surface area contributed by atoms with Gasteiger partial charge in [-0.15, -0.1) is 11.8 Å². The van der Waals surface area contributed by atoms with Gasteiger partial charge >= 0.3 is 0 Å². The van der Waals surface area contributed by atoms with Crippen LogP contribution in [0.3, 0.4) is 0 Å². The van der Waals surface area contributed by atoms with Crippen molar-refractivity contribution in [2.24, 2.45) is 0 Å². The Balaban J connectivity index is 3.27. The van der Waals surface area contributed by atoms with E-state index in [1.165, 1.54) is 11.8 Å². The molecule has 0 fully saturated rings. The second-order valence-corrected chi connectivity index (χ2v) is 5.51. The number of hydrogen-bond acceptors (Lipinski definition) is 3. The highest BCUT2D eigenvalue weighted by Gasteiger charge is 2.19. The zero-order valence-corrected chi connectivity index (χ0v) is 11.4. The number of nitrogens with one attached hydrogen (secondary N) is 1. The van der Waals surface area contributed by atoms with Gasteiger partial charge in [0.05, 0.1) is 12.2 Å². The van der Waals surface area contributed by atoms with Crippen molar-refractivity contribution in [3.05, 3.63) is 29.3 Å². The third-order valence-corrected chi connectivity index (χ3v) is 3.12. The van der Waals surface area contributed by atoms with E-state index < -0.39 is 0 Å². The maximum atomic E-state index is 7.83. The standard InChI is InChI=1S/C13H19NOS/c1-13(2,3)10-8-9(12(14)16-5)6-7-11(10)15-4/h6-8,14H,1-5H3. The molecule has 16 heavy (non-hydrogen) atoms. The monoisotopic (exact) mass is 237 g/mol. The number of benzene rings is 1. The number of thioether (sulfide) groups is 1. The lowest BCUT2D eigenvalue weighted by Gasteiger charge is -2.22. The molecule has 1 aromatic carbocycles. The maximum Gasteiger partial charge on any atom is 0.122 e. The van der Waals surface area contributed by atoms with Crippen LogP contribution in [0.1, 0.15) is 31.9 Å². The third kappa shape index (κ3) is 2.79. The van der Waals surface area contributed by atoms with Gasteiger partial charge in [0.1, 0.15) is 5.75 Å². The van der Waals surface area contributed by atoms with Gasteiger partial charge < -0.3 is 4.74 Å². The maximum absolute atomic E-state index is 7.83. The van der Waals surface area contributed by atoms with Gasteiger partial charge in [-0.05, 0) is 29.9 Å². The molecule has 0 unspecified atom stereocenters. The molecule has 0 aliphatic rings. The van der Waals surface area contributed by atoms with Gasteiger partial charge in [0.15, 0.2) is 0 Å². The van der Waals surface area contributed by atoms with Crippen molar-refractivity contribution in [2.75, 3.05) is 13.4 Å². The average molecular weight is 237 g/mol. The van der Waals surface area contributed by atoms with E-state index in [1.54, 1.807) is 7.11 Å². The van der Waals surface area contributed by atoms with Gasteiger partial charge in [0.2, 0.25) is 0 Å². The summed E-state index contributed by atoms with van der Waals surface area (Å²) in [5.74, 6) is 0.894. The molecule has 0 radical (unpaired) electrons. The van der Waals surface area contributed by atoms with Crippen LogP contribution in [0.5, 0.6) is 5.75 Å². The molecule has 3 heteroatoms. The molecular weight excluding hydrogens is 218 g/mol.